The summed E-state index contributed by atoms with van der Waals surface area (Å²) >= 11 is 4.98. The SMILES string of the molecule is COc1cc(F)ccc1NC(=O)C1(C(N)=S)CCC1. The van der Waals surface area contributed by atoms with Gasteiger partial charge < -0.3 is 15.8 Å². The Labute approximate surface area is 116 Å². The number of rotatable bonds is 4. The Kier molecular flexibility index (Phi) is 3.71. The van der Waals surface area contributed by atoms with Gasteiger partial charge in [0.05, 0.1) is 23.2 Å². The third kappa shape index (κ3) is 2.40. The molecule has 1 fully saturated rings. The fraction of sp³-hybridized carbons (Fsp3) is 0.385. The van der Waals surface area contributed by atoms with Crippen molar-refractivity contribution in [2.75, 3.05) is 12.4 Å². The van der Waals surface area contributed by atoms with Crippen molar-refractivity contribution in [2.45, 2.75) is 19.3 Å². The first-order valence-electron chi connectivity index (χ1n) is 5.94. The highest BCUT2D eigenvalue weighted by Gasteiger charge is 2.47. The van der Waals surface area contributed by atoms with E-state index in [1.54, 1.807) is 0 Å². The predicted molar refractivity (Wildman–Crippen MR) is 74.7 cm³/mol. The summed E-state index contributed by atoms with van der Waals surface area (Å²) in [7, 11) is 1.41. The van der Waals surface area contributed by atoms with Gasteiger partial charge in [-0.3, -0.25) is 4.79 Å². The zero-order chi connectivity index (χ0) is 14.0. The molecule has 102 valence electrons. The molecule has 1 aliphatic carbocycles. The molecular weight excluding hydrogens is 267 g/mol. The fourth-order valence-electron chi connectivity index (χ4n) is 2.13. The van der Waals surface area contributed by atoms with Gasteiger partial charge in [-0.2, -0.15) is 0 Å². The lowest BCUT2D eigenvalue weighted by molar-refractivity contribution is -0.125. The molecule has 0 atom stereocenters. The Morgan fingerprint density at radius 1 is 1.53 bits per heavy atom. The van der Waals surface area contributed by atoms with Gasteiger partial charge in [-0.15, -0.1) is 0 Å². The maximum Gasteiger partial charge on any atom is 0.237 e. The highest BCUT2D eigenvalue weighted by atomic mass is 32.1. The summed E-state index contributed by atoms with van der Waals surface area (Å²) in [6.07, 6.45) is 2.22. The number of amides is 1. The zero-order valence-electron chi connectivity index (χ0n) is 10.5. The molecule has 0 saturated heterocycles. The van der Waals surface area contributed by atoms with Crippen LogP contribution in [0.15, 0.2) is 18.2 Å². The Morgan fingerprint density at radius 3 is 2.68 bits per heavy atom. The van der Waals surface area contributed by atoms with E-state index in [1.165, 1.54) is 25.3 Å². The Hall–Kier alpha value is -1.69. The van der Waals surface area contributed by atoms with Gasteiger partial charge in [-0.25, -0.2) is 4.39 Å². The second-order valence-electron chi connectivity index (χ2n) is 4.60. The average Bonchev–Trinajstić information content (AvgIpc) is 2.29. The molecule has 3 N–H and O–H groups in total. The molecular formula is C13H15FN2O2S. The molecule has 0 unspecified atom stereocenters. The van der Waals surface area contributed by atoms with Crippen LogP contribution >= 0.6 is 12.2 Å². The van der Waals surface area contributed by atoms with Crippen molar-refractivity contribution in [2.24, 2.45) is 11.1 Å². The van der Waals surface area contributed by atoms with Gasteiger partial charge in [-0.1, -0.05) is 18.6 Å². The molecule has 1 saturated carbocycles. The van der Waals surface area contributed by atoms with Crippen LogP contribution in [0.4, 0.5) is 10.1 Å². The number of carbonyl (C=O) groups excluding carboxylic acids is 1. The monoisotopic (exact) mass is 282 g/mol. The van der Waals surface area contributed by atoms with E-state index in [2.05, 4.69) is 5.32 Å². The summed E-state index contributed by atoms with van der Waals surface area (Å²) in [6.45, 7) is 0. The van der Waals surface area contributed by atoms with Crippen molar-refractivity contribution in [1.29, 1.82) is 0 Å². The Morgan fingerprint density at radius 2 is 2.21 bits per heavy atom. The highest BCUT2D eigenvalue weighted by Crippen LogP contribution is 2.42. The molecule has 0 aliphatic heterocycles. The summed E-state index contributed by atoms with van der Waals surface area (Å²) in [5, 5.41) is 2.71. The lowest BCUT2D eigenvalue weighted by atomic mass is 9.68. The largest absolute Gasteiger partial charge is 0.494 e. The number of nitrogens with two attached hydrogens (primary N) is 1. The average molecular weight is 282 g/mol. The Balaban J connectivity index is 2.22. The molecule has 1 aromatic carbocycles. The first-order valence-corrected chi connectivity index (χ1v) is 6.35. The number of methoxy groups -OCH3 is 1. The van der Waals surface area contributed by atoms with Crippen molar-refractivity contribution in [3.05, 3.63) is 24.0 Å². The lowest BCUT2D eigenvalue weighted by Gasteiger charge is -2.39. The fourth-order valence-corrected chi connectivity index (χ4v) is 2.42. The van der Waals surface area contributed by atoms with Crippen molar-refractivity contribution in [3.8, 4) is 5.75 Å². The number of hydrogen-bond donors (Lipinski definition) is 2. The quantitative estimate of drug-likeness (QED) is 0.831. The van der Waals surface area contributed by atoms with Crippen LogP contribution < -0.4 is 15.8 Å². The molecule has 0 aromatic heterocycles. The van der Waals surface area contributed by atoms with Crippen LogP contribution in [0.5, 0.6) is 5.75 Å². The van der Waals surface area contributed by atoms with Crippen LogP contribution in [-0.4, -0.2) is 18.0 Å². The minimum absolute atomic E-state index is 0.206. The number of hydrogen-bond acceptors (Lipinski definition) is 3. The number of anilines is 1. The molecule has 19 heavy (non-hydrogen) atoms. The van der Waals surface area contributed by atoms with Crippen LogP contribution in [0, 0.1) is 11.2 Å². The van der Waals surface area contributed by atoms with Gasteiger partial charge in [0.1, 0.15) is 11.6 Å². The minimum atomic E-state index is -0.769. The molecule has 2 rings (SSSR count). The van der Waals surface area contributed by atoms with Crippen LogP contribution in [0.2, 0.25) is 0 Å². The second kappa shape index (κ2) is 5.13. The van der Waals surface area contributed by atoms with Crippen molar-refractivity contribution < 1.29 is 13.9 Å². The van der Waals surface area contributed by atoms with E-state index < -0.39 is 11.2 Å². The van der Waals surface area contributed by atoms with E-state index in [0.717, 1.165) is 6.42 Å². The van der Waals surface area contributed by atoms with Gasteiger partial charge in [-0.05, 0) is 25.0 Å². The maximum atomic E-state index is 13.1. The summed E-state index contributed by atoms with van der Waals surface area (Å²) in [4.78, 5) is 12.5. The van der Waals surface area contributed by atoms with Crippen molar-refractivity contribution >= 4 is 28.8 Å². The van der Waals surface area contributed by atoms with E-state index in [0.29, 0.717) is 18.5 Å². The molecule has 1 aromatic rings. The van der Waals surface area contributed by atoms with E-state index in [-0.39, 0.29) is 16.6 Å². The summed E-state index contributed by atoms with van der Waals surface area (Å²) in [5.41, 5.74) is 5.31. The van der Waals surface area contributed by atoms with Crippen LogP contribution in [-0.2, 0) is 4.79 Å². The van der Waals surface area contributed by atoms with Gasteiger partial charge in [0.15, 0.2) is 0 Å². The van der Waals surface area contributed by atoms with Gasteiger partial charge in [0.2, 0.25) is 5.91 Å². The minimum Gasteiger partial charge on any atom is -0.494 e. The summed E-state index contributed by atoms with van der Waals surface area (Å²) in [6, 6.07) is 3.92. The number of benzene rings is 1. The highest BCUT2D eigenvalue weighted by molar-refractivity contribution is 7.80. The normalized spacial score (nSPS) is 16.3. The standard InChI is InChI=1S/C13H15FN2O2S/c1-18-10-7-8(14)3-4-9(10)16-12(17)13(11(15)19)5-2-6-13/h3-4,7H,2,5-6H2,1H3,(H2,15,19)(H,16,17). The number of carbonyl (C=O) groups is 1. The topological polar surface area (TPSA) is 64.3 Å². The van der Waals surface area contributed by atoms with Crippen LogP contribution in [0.3, 0.4) is 0 Å². The van der Waals surface area contributed by atoms with Crippen molar-refractivity contribution in [1.82, 2.24) is 0 Å². The number of thiocarbonyl (C=S) groups is 1. The zero-order valence-corrected chi connectivity index (χ0v) is 11.3. The molecule has 0 spiro atoms. The maximum absolute atomic E-state index is 13.1. The van der Waals surface area contributed by atoms with Gasteiger partial charge in [0.25, 0.3) is 0 Å². The number of nitrogens with one attached hydrogen (secondary N) is 1. The van der Waals surface area contributed by atoms with Gasteiger partial charge >= 0.3 is 0 Å². The lowest BCUT2D eigenvalue weighted by Crippen LogP contribution is -2.50. The summed E-state index contributed by atoms with van der Waals surface area (Å²) < 4.78 is 18.1. The smallest absolute Gasteiger partial charge is 0.237 e. The molecule has 1 aliphatic rings. The molecule has 0 heterocycles. The number of ether oxygens (including phenoxy) is 1. The number of halogens is 1. The first-order chi connectivity index (χ1) is 8.99. The van der Waals surface area contributed by atoms with E-state index in [1.807, 2.05) is 0 Å². The molecule has 0 radical (unpaired) electrons. The van der Waals surface area contributed by atoms with Gasteiger partial charge in [0, 0.05) is 6.07 Å². The summed E-state index contributed by atoms with van der Waals surface area (Å²) in [5.74, 6) is -0.413. The third-order valence-corrected chi connectivity index (χ3v) is 3.92. The first kappa shape index (κ1) is 13.7. The van der Waals surface area contributed by atoms with Crippen molar-refractivity contribution in [3.63, 3.8) is 0 Å². The van der Waals surface area contributed by atoms with E-state index in [9.17, 15) is 9.18 Å². The molecule has 6 heteroatoms. The molecule has 0 bridgehead atoms. The third-order valence-electron chi connectivity index (χ3n) is 3.53. The molecule has 1 amide bonds. The van der Waals surface area contributed by atoms with Crippen LogP contribution in [0.1, 0.15) is 19.3 Å². The van der Waals surface area contributed by atoms with E-state index in [4.69, 9.17) is 22.7 Å². The molecule has 4 nitrogen and oxygen atoms in total. The predicted octanol–water partition coefficient (Wildman–Crippen LogP) is 2.23. The van der Waals surface area contributed by atoms with E-state index >= 15 is 0 Å². The second-order valence-corrected chi connectivity index (χ2v) is 5.04. The Bertz CT molecular complexity index is 529. The van der Waals surface area contributed by atoms with Crippen LogP contribution in [0.25, 0.3) is 0 Å².